The van der Waals surface area contributed by atoms with Gasteiger partial charge in [0, 0.05) is 28.4 Å². The molecule has 0 aliphatic carbocycles. The molecule has 0 saturated heterocycles. The number of fused-ring (bicyclic) bond motifs is 1. The molecule has 0 unspecified atom stereocenters. The number of nitrogens with one attached hydrogen (secondary N) is 2. The van der Waals surface area contributed by atoms with Gasteiger partial charge in [-0.3, -0.25) is 9.59 Å². The fourth-order valence-corrected chi connectivity index (χ4v) is 3.64. The highest BCUT2D eigenvalue weighted by molar-refractivity contribution is 7.99. The number of aromatic nitrogens is 1. The molecule has 0 spiro atoms. The number of aryl methyl sites for hydroxylation is 1. The summed E-state index contributed by atoms with van der Waals surface area (Å²) in [6.07, 6.45) is 3.62. The third-order valence-corrected chi connectivity index (χ3v) is 5.26. The molecule has 7 heteroatoms. The second-order valence-corrected chi connectivity index (χ2v) is 7.38. The Balaban J connectivity index is 1.41. The van der Waals surface area contributed by atoms with E-state index in [4.69, 9.17) is 10.00 Å². The minimum absolute atomic E-state index is 0.251. The van der Waals surface area contributed by atoms with Crippen LogP contribution in [0.4, 0.5) is 5.69 Å². The molecule has 0 saturated carbocycles. The van der Waals surface area contributed by atoms with E-state index in [-0.39, 0.29) is 18.8 Å². The number of rotatable bonds is 9. The lowest BCUT2D eigenvalue weighted by molar-refractivity contribution is -0.147. The van der Waals surface area contributed by atoms with E-state index in [9.17, 15) is 9.59 Å². The fraction of sp³-hybridized carbons (Fsp3) is 0.227. The number of aromatic amines is 1. The number of H-pyrrole nitrogens is 1. The van der Waals surface area contributed by atoms with Gasteiger partial charge in [-0.15, -0.1) is 11.8 Å². The Morgan fingerprint density at radius 2 is 1.93 bits per heavy atom. The average Bonchev–Trinajstić information content (AvgIpc) is 3.15. The van der Waals surface area contributed by atoms with Crippen LogP contribution in [0.2, 0.25) is 0 Å². The fourth-order valence-electron chi connectivity index (χ4n) is 2.97. The molecule has 0 fully saturated rings. The number of thioether (sulfide) groups is 1. The number of carbonyl (C=O) groups excluding carboxylic acids is 2. The SMILES string of the molecule is N#CCSc1ccccc1NC(=O)COC(=O)CCCc1c[nH]c2ccccc12. The van der Waals surface area contributed by atoms with Crippen molar-refractivity contribution in [2.75, 3.05) is 17.7 Å². The number of benzene rings is 2. The van der Waals surface area contributed by atoms with Crippen LogP contribution in [-0.2, 0) is 20.7 Å². The number of para-hydroxylation sites is 2. The summed E-state index contributed by atoms with van der Waals surface area (Å²) in [4.78, 5) is 28.1. The van der Waals surface area contributed by atoms with Crippen molar-refractivity contribution in [3.63, 3.8) is 0 Å². The van der Waals surface area contributed by atoms with Crippen molar-refractivity contribution >= 4 is 40.2 Å². The molecular formula is C22H21N3O3S. The summed E-state index contributed by atoms with van der Waals surface area (Å²) < 4.78 is 5.09. The van der Waals surface area contributed by atoms with Gasteiger partial charge in [0.2, 0.25) is 0 Å². The second kappa shape index (κ2) is 10.3. The number of ether oxygens (including phenoxy) is 1. The Morgan fingerprint density at radius 1 is 1.14 bits per heavy atom. The van der Waals surface area contributed by atoms with Crippen molar-refractivity contribution in [1.82, 2.24) is 4.98 Å². The van der Waals surface area contributed by atoms with Crippen LogP contribution in [0.1, 0.15) is 18.4 Å². The molecule has 3 rings (SSSR count). The highest BCUT2D eigenvalue weighted by Gasteiger charge is 2.11. The molecule has 2 aromatic carbocycles. The number of hydrogen-bond donors (Lipinski definition) is 2. The smallest absolute Gasteiger partial charge is 0.306 e. The maximum absolute atomic E-state index is 12.1. The van der Waals surface area contributed by atoms with Crippen LogP contribution in [0.15, 0.2) is 59.6 Å². The van der Waals surface area contributed by atoms with Crippen molar-refractivity contribution in [2.24, 2.45) is 0 Å². The number of esters is 1. The third-order valence-electron chi connectivity index (χ3n) is 4.32. The first-order chi connectivity index (χ1) is 14.2. The summed E-state index contributed by atoms with van der Waals surface area (Å²) in [5.74, 6) is -0.509. The number of nitrogens with zero attached hydrogens (tertiary/aromatic N) is 1. The van der Waals surface area contributed by atoms with Gasteiger partial charge in [-0.2, -0.15) is 5.26 Å². The molecule has 3 aromatic rings. The van der Waals surface area contributed by atoms with Crippen LogP contribution >= 0.6 is 11.8 Å². The topological polar surface area (TPSA) is 95.0 Å². The number of amides is 1. The van der Waals surface area contributed by atoms with Crippen LogP contribution in [0.3, 0.4) is 0 Å². The molecule has 0 aliphatic rings. The van der Waals surface area contributed by atoms with E-state index in [1.54, 1.807) is 12.1 Å². The Morgan fingerprint density at radius 3 is 2.79 bits per heavy atom. The van der Waals surface area contributed by atoms with Gasteiger partial charge in [-0.25, -0.2) is 0 Å². The van der Waals surface area contributed by atoms with E-state index in [1.165, 1.54) is 11.8 Å². The number of hydrogen-bond acceptors (Lipinski definition) is 5. The molecule has 6 nitrogen and oxygen atoms in total. The van der Waals surface area contributed by atoms with Gasteiger partial charge < -0.3 is 15.0 Å². The van der Waals surface area contributed by atoms with E-state index >= 15 is 0 Å². The van der Waals surface area contributed by atoms with Crippen molar-refractivity contribution in [3.05, 3.63) is 60.3 Å². The number of nitriles is 1. The maximum atomic E-state index is 12.1. The van der Waals surface area contributed by atoms with E-state index in [2.05, 4.69) is 22.4 Å². The molecule has 0 radical (unpaired) electrons. The van der Waals surface area contributed by atoms with Gasteiger partial charge in [-0.1, -0.05) is 30.3 Å². The standard InChI is InChI=1S/C22H21N3O3S/c23-12-13-29-20-10-4-3-9-19(20)25-21(26)15-28-22(27)11-5-6-16-14-24-18-8-2-1-7-17(16)18/h1-4,7-10,14,24H,5-6,11,13,15H2,(H,25,26). The molecule has 1 heterocycles. The minimum Gasteiger partial charge on any atom is -0.456 e. The minimum atomic E-state index is -0.403. The molecule has 0 bridgehead atoms. The maximum Gasteiger partial charge on any atom is 0.306 e. The lowest BCUT2D eigenvalue weighted by atomic mass is 10.1. The highest BCUT2D eigenvalue weighted by Crippen LogP contribution is 2.26. The van der Waals surface area contributed by atoms with Crippen LogP contribution in [0, 0.1) is 11.3 Å². The molecular weight excluding hydrogens is 386 g/mol. The molecule has 0 aliphatic heterocycles. The quantitative estimate of drug-likeness (QED) is 0.408. The molecule has 2 N–H and O–H groups in total. The molecule has 29 heavy (non-hydrogen) atoms. The van der Waals surface area contributed by atoms with Gasteiger partial charge in [0.1, 0.15) is 0 Å². The van der Waals surface area contributed by atoms with E-state index in [0.717, 1.165) is 27.8 Å². The zero-order valence-electron chi connectivity index (χ0n) is 15.8. The third kappa shape index (κ3) is 5.87. The molecule has 0 atom stereocenters. The summed E-state index contributed by atoms with van der Waals surface area (Å²) in [6, 6.07) is 17.3. The Labute approximate surface area is 173 Å². The Hall–Kier alpha value is -3.24. The zero-order chi connectivity index (χ0) is 20.5. The predicted octanol–water partition coefficient (Wildman–Crippen LogP) is 4.29. The van der Waals surface area contributed by atoms with Crippen LogP contribution < -0.4 is 5.32 Å². The van der Waals surface area contributed by atoms with Gasteiger partial charge in [0.05, 0.1) is 17.5 Å². The lowest BCUT2D eigenvalue weighted by Gasteiger charge is -2.10. The zero-order valence-corrected chi connectivity index (χ0v) is 16.6. The highest BCUT2D eigenvalue weighted by atomic mass is 32.2. The largest absolute Gasteiger partial charge is 0.456 e. The van der Waals surface area contributed by atoms with Crippen LogP contribution in [0.25, 0.3) is 10.9 Å². The first kappa shape index (κ1) is 20.5. The first-order valence-electron chi connectivity index (χ1n) is 9.26. The normalized spacial score (nSPS) is 10.4. The van der Waals surface area contributed by atoms with E-state index < -0.39 is 11.9 Å². The van der Waals surface area contributed by atoms with Crippen molar-refractivity contribution in [2.45, 2.75) is 24.2 Å². The predicted molar refractivity (Wildman–Crippen MR) is 114 cm³/mol. The summed E-state index contributed by atoms with van der Waals surface area (Å²) >= 11 is 1.34. The summed E-state index contributed by atoms with van der Waals surface area (Å²) in [5.41, 5.74) is 2.85. The molecule has 148 valence electrons. The Bertz CT molecular complexity index is 1040. The molecule has 1 aromatic heterocycles. The Kier molecular flexibility index (Phi) is 7.31. The monoisotopic (exact) mass is 407 g/mol. The first-order valence-corrected chi connectivity index (χ1v) is 10.2. The van der Waals surface area contributed by atoms with Crippen LogP contribution in [0.5, 0.6) is 0 Å². The van der Waals surface area contributed by atoms with Crippen molar-refractivity contribution < 1.29 is 14.3 Å². The van der Waals surface area contributed by atoms with Crippen LogP contribution in [-0.4, -0.2) is 29.2 Å². The summed E-state index contributed by atoms with van der Waals surface area (Å²) in [7, 11) is 0. The van der Waals surface area contributed by atoms with Gasteiger partial charge in [0.25, 0.3) is 5.91 Å². The summed E-state index contributed by atoms with van der Waals surface area (Å²) in [5, 5.41) is 12.6. The lowest BCUT2D eigenvalue weighted by Crippen LogP contribution is -2.21. The van der Waals surface area contributed by atoms with Crippen molar-refractivity contribution in [3.8, 4) is 6.07 Å². The van der Waals surface area contributed by atoms with Gasteiger partial charge in [-0.05, 0) is 36.6 Å². The number of carbonyl (C=O) groups is 2. The average molecular weight is 407 g/mol. The van der Waals surface area contributed by atoms with Gasteiger partial charge in [0.15, 0.2) is 6.61 Å². The molecule has 1 amide bonds. The van der Waals surface area contributed by atoms with Gasteiger partial charge >= 0.3 is 5.97 Å². The summed E-state index contributed by atoms with van der Waals surface area (Å²) in [6.45, 7) is -0.330. The van der Waals surface area contributed by atoms with Crippen molar-refractivity contribution in [1.29, 1.82) is 5.26 Å². The van der Waals surface area contributed by atoms with E-state index in [0.29, 0.717) is 12.1 Å². The number of anilines is 1. The van der Waals surface area contributed by atoms with E-state index in [1.807, 2.05) is 36.5 Å². The second-order valence-electron chi connectivity index (χ2n) is 6.36.